The molecule has 1 N–H and O–H groups in total. The molecule has 0 unspecified atom stereocenters. The van der Waals surface area contributed by atoms with E-state index in [1.807, 2.05) is 43.4 Å². The van der Waals surface area contributed by atoms with Crippen LogP contribution in [-0.4, -0.2) is 12.0 Å². The molecule has 3 heteroatoms. The third-order valence-corrected chi connectivity index (χ3v) is 2.39. The van der Waals surface area contributed by atoms with E-state index in [9.17, 15) is 0 Å². The van der Waals surface area contributed by atoms with Gasteiger partial charge >= 0.3 is 0 Å². The Bertz CT molecular complexity index is 457. The molecule has 0 aliphatic heterocycles. The lowest BCUT2D eigenvalue weighted by molar-refractivity contribution is 0.301. The van der Waals surface area contributed by atoms with Gasteiger partial charge in [-0.15, -0.1) is 0 Å². The van der Waals surface area contributed by atoms with Crippen molar-refractivity contribution >= 4 is 0 Å². The highest BCUT2D eigenvalue weighted by Gasteiger charge is 1.98. The van der Waals surface area contributed by atoms with Crippen LogP contribution in [0.1, 0.15) is 11.3 Å². The van der Waals surface area contributed by atoms with Crippen LogP contribution in [0.15, 0.2) is 48.7 Å². The van der Waals surface area contributed by atoms with Crippen LogP contribution < -0.4 is 10.1 Å². The smallest absolute Gasteiger partial charge is 0.130 e. The minimum absolute atomic E-state index is 0.504. The zero-order chi connectivity index (χ0) is 11.9. The molecule has 0 spiro atoms. The maximum atomic E-state index is 5.69. The number of nitrogens with one attached hydrogen (secondary N) is 1. The molecule has 0 bridgehead atoms. The molecule has 88 valence electrons. The normalized spacial score (nSPS) is 10.2. The molecule has 2 rings (SSSR count). The topological polar surface area (TPSA) is 34.1 Å². The Hall–Kier alpha value is -1.87. The minimum Gasteiger partial charge on any atom is -0.487 e. The molecule has 0 saturated heterocycles. The van der Waals surface area contributed by atoms with Gasteiger partial charge in [0.15, 0.2) is 0 Å². The van der Waals surface area contributed by atoms with Gasteiger partial charge in [0.2, 0.25) is 0 Å². The Morgan fingerprint density at radius 1 is 1.18 bits per heavy atom. The van der Waals surface area contributed by atoms with Crippen molar-refractivity contribution in [1.29, 1.82) is 0 Å². The van der Waals surface area contributed by atoms with Crippen molar-refractivity contribution in [3.8, 4) is 5.75 Å². The van der Waals surface area contributed by atoms with Crippen LogP contribution in [0.2, 0.25) is 0 Å². The molecule has 1 aromatic heterocycles. The molecule has 17 heavy (non-hydrogen) atoms. The number of ether oxygens (including phenoxy) is 1. The molecule has 0 aliphatic rings. The van der Waals surface area contributed by atoms with Gasteiger partial charge in [-0.2, -0.15) is 0 Å². The van der Waals surface area contributed by atoms with E-state index in [0.717, 1.165) is 18.0 Å². The fraction of sp³-hybridized carbons (Fsp3) is 0.214. The summed E-state index contributed by atoms with van der Waals surface area (Å²) < 4.78 is 5.69. The second-order valence-corrected chi connectivity index (χ2v) is 3.79. The van der Waals surface area contributed by atoms with E-state index >= 15 is 0 Å². The first-order chi connectivity index (χ1) is 8.38. The number of nitrogens with zero attached hydrogens (tertiary/aromatic N) is 1. The number of rotatable bonds is 5. The van der Waals surface area contributed by atoms with Crippen LogP contribution in [0.25, 0.3) is 0 Å². The highest BCUT2D eigenvalue weighted by atomic mass is 16.5. The second kappa shape index (κ2) is 6.01. The predicted octanol–water partition coefficient (Wildman–Crippen LogP) is 2.38. The third-order valence-electron chi connectivity index (χ3n) is 2.39. The number of hydrogen-bond donors (Lipinski definition) is 1. The van der Waals surface area contributed by atoms with Gasteiger partial charge in [-0.1, -0.05) is 18.2 Å². The van der Waals surface area contributed by atoms with Gasteiger partial charge in [0.25, 0.3) is 0 Å². The van der Waals surface area contributed by atoms with E-state index < -0.39 is 0 Å². The zero-order valence-electron chi connectivity index (χ0n) is 9.89. The van der Waals surface area contributed by atoms with E-state index in [4.69, 9.17) is 4.74 Å². The minimum atomic E-state index is 0.504. The van der Waals surface area contributed by atoms with Gasteiger partial charge in [0, 0.05) is 12.7 Å². The summed E-state index contributed by atoms with van der Waals surface area (Å²) in [4.78, 5) is 4.22. The van der Waals surface area contributed by atoms with Crippen molar-refractivity contribution in [2.24, 2.45) is 0 Å². The lowest BCUT2D eigenvalue weighted by Crippen LogP contribution is -2.05. The fourth-order valence-corrected chi connectivity index (χ4v) is 1.59. The van der Waals surface area contributed by atoms with Crippen molar-refractivity contribution < 1.29 is 4.74 Å². The first-order valence-corrected chi connectivity index (χ1v) is 5.65. The molecule has 1 heterocycles. The van der Waals surface area contributed by atoms with Crippen LogP contribution >= 0.6 is 0 Å². The first kappa shape index (κ1) is 11.6. The van der Waals surface area contributed by atoms with Gasteiger partial charge in [0.05, 0.1) is 5.69 Å². The summed E-state index contributed by atoms with van der Waals surface area (Å²) in [5.41, 5.74) is 2.15. The van der Waals surface area contributed by atoms with Crippen molar-refractivity contribution in [3.05, 3.63) is 59.9 Å². The zero-order valence-corrected chi connectivity index (χ0v) is 9.89. The molecular weight excluding hydrogens is 212 g/mol. The Balaban J connectivity index is 1.97. The average molecular weight is 228 g/mol. The monoisotopic (exact) mass is 228 g/mol. The highest BCUT2D eigenvalue weighted by molar-refractivity contribution is 5.28. The van der Waals surface area contributed by atoms with Gasteiger partial charge in [-0.25, -0.2) is 0 Å². The van der Waals surface area contributed by atoms with E-state index in [0.29, 0.717) is 6.61 Å². The van der Waals surface area contributed by atoms with Crippen LogP contribution in [0.3, 0.4) is 0 Å². The maximum Gasteiger partial charge on any atom is 0.130 e. The van der Waals surface area contributed by atoms with Crippen LogP contribution in [0, 0.1) is 0 Å². The molecule has 0 amide bonds. The molecule has 2 aromatic rings. The molecular formula is C14H16N2O. The standard InChI is InChI=1S/C14H16N2O/c1-15-10-12-5-4-7-14(9-12)17-11-13-6-2-3-8-16-13/h2-9,15H,10-11H2,1H3. The molecule has 3 nitrogen and oxygen atoms in total. The Morgan fingerprint density at radius 2 is 2.12 bits per heavy atom. The average Bonchev–Trinajstić information content (AvgIpc) is 2.39. The van der Waals surface area contributed by atoms with Gasteiger partial charge < -0.3 is 10.1 Å². The molecule has 0 radical (unpaired) electrons. The molecule has 0 saturated carbocycles. The van der Waals surface area contributed by atoms with Crippen molar-refractivity contribution in [2.45, 2.75) is 13.2 Å². The summed E-state index contributed by atoms with van der Waals surface area (Å²) in [6.45, 7) is 1.35. The Kier molecular flexibility index (Phi) is 4.11. The van der Waals surface area contributed by atoms with Crippen LogP contribution in [0.4, 0.5) is 0 Å². The fourth-order valence-electron chi connectivity index (χ4n) is 1.59. The van der Waals surface area contributed by atoms with Crippen molar-refractivity contribution in [3.63, 3.8) is 0 Å². The lowest BCUT2D eigenvalue weighted by Gasteiger charge is -2.07. The summed E-state index contributed by atoms with van der Waals surface area (Å²) in [7, 11) is 1.93. The molecule has 0 fully saturated rings. The second-order valence-electron chi connectivity index (χ2n) is 3.79. The van der Waals surface area contributed by atoms with E-state index in [1.165, 1.54) is 5.56 Å². The third kappa shape index (κ3) is 3.57. The SMILES string of the molecule is CNCc1cccc(OCc2ccccn2)c1. The molecule has 0 atom stereocenters. The van der Waals surface area contributed by atoms with Crippen molar-refractivity contribution in [1.82, 2.24) is 10.3 Å². The maximum absolute atomic E-state index is 5.69. The largest absolute Gasteiger partial charge is 0.487 e. The lowest BCUT2D eigenvalue weighted by atomic mass is 10.2. The Labute approximate surface area is 101 Å². The van der Waals surface area contributed by atoms with Crippen LogP contribution in [0.5, 0.6) is 5.75 Å². The van der Waals surface area contributed by atoms with Crippen LogP contribution in [-0.2, 0) is 13.2 Å². The van der Waals surface area contributed by atoms with Gasteiger partial charge in [-0.3, -0.25) is 4.98 Å². The highest BCUT2D eigenvalue weighted by Crippen LogP contribution is 2.14. The molecule has 0 aliphatic carbocycles. The number of benzene rings is 1. The summed E-state index contributed by atoms with van der Waals surface area (Å²) >= 11 is 0. The van der Waals surface area contributed by atoms with E-state index in [1.54, 1.807) is 6.20 Å². The summed E-state index contributed by atoms with van der Waals surface area (Å²) in [5, 5.41) is 3.12. The van der Waals surface area contributed by atoms with E-state index in [-0.39, 0.29) is 0 Å². The predicted molar refractivity (Wildman–Crippen MR) is 67.8 cm³/mol. The quantitative estimate of drug-likeness (QED) is 0.853. The summed E-state index contributed by atoms with van der Waals surface area (Å²) in [6, 6.07) is 13.9. The van der Waals surface area contributed by atoms with Crippen molar-refractivity contribution in [2.75, 3.05) is 7.05 Å². The number of pyridine rings is 1. The van der Waals surface area contributed by atoms with Gasteiger partial charge in [-0.05, 0) is 36.9 Å². The first-order valence-electron chi connectivity index (χ1n) is 5.65. The van der Waals surface area contributed by atoms with Gasteiger partial charge in [0.1, 0.15) is 12.4 Å². The van der Waals surface area contributed by atoms with E-state index in [2.05, 4.69) is 16.4 Å². The Morgan fingerprint density at radius 3 is 2.88 bits per heavy atom. The summed E-state index contributed by atoms with van der Waals surface area (Å²) in [6.07, 6.45) is 1.77. The molecule has 1 aromatic carbocycles. The number of hydrogen-bond acceptors (Lipinski definition) is 3. The number of aromatic nitrogens is 1. The summed E-state index contributed by atoms with van der Waals surface area (Å²) in [5.74, 6) is 0.878.